The Morgan fingerprint density at radius 1 is 1.13 bits per heavy atom. The van der Waals surface area contributed by atoms with Crippen molar-refractivity contribution >= 4 is 16.1 Å². The number of sulfonamides is 1. The number of hydrazine groups is 1. The van der Waals surface area contributed by atoms with Crippen LogP contribution in [0.2, 0.25) is 0 Å². The number of carbonyl (C=O) groups is 1. The van der Waals surface area contributed by atoms with Crippen LogP contribution in [0.3, 0.4) is 0 Å². The lowest BCUT2D eigenvalue weighted by Gasteiger charge is -2.31. The first-order valence-corrected chi connectivity index (χ1v) is 12.2. The third kappa shape index (κ3) is 6.18. The van der Waals surface area contributed by atoms with Gasteiger partial charge in [0.1, 0.15) is 5.60 Å². The molecule has 1 N–H and O–H groups in total. The van der Waals surface area contributed by atoms with E-state index in [2.05, 4.69) is 6.92 Å². The van der Waals surface area contributed by atoms with Crippen molar-refractivity contribution in [3.05, 3.63) is 29.8 Å². The highest BCUT2D eigenvalue weighted by molar-refractivity contribution is 7.89. The molecule has 1 aromatic rings. The Morgan fingerprint density at radius 2 is 1.73 bits per heavy atom. The molecule has 0 bridgehead atoms. The molecule has 1 aliphatic heterocycles. The Labute approximate surface area is 181 Å². The van der Waals surface area contributed by atoms with E-state index in [1.54, 1.807) is 32.9 Å². The first kappa shape index (κ1) is 24.6. The number of unbranched alkanes of at least 4 members (excludes halogenated alkanes) is 4. The summed E-state index contributed by atoms with van der Waals surface area (Å²) in [6.45, 7) is 9.18. The van der Waals surface area contributed by atoms with Crippen molar-refractivity contribution in [3.63, 3.8) is 0 Å². The molecule has 8 heteroatoms. The van der Waals surface area contributed by atoms with Gasteiger partial charge in [0, 0.05) is 12.5 Å². The van der Waals surface area contributed by atoms with Crippen LogP contribution >= 0.6 is 0 Å². The second kappa shape index (κ2) is 10.1. The number of aliphatic hydroxyl groups excluding tert-OH is 1. The molecule has 1 aliphatic rings. The minimum Gasteiger partial charge on any atom is -0.443 e. The third-order valence-electron chi connectivity index (χ3n) is 5.16. The van der Waals surface area contributed by atoms with Gasteiger partial charge in [0.2, 0.25) is 0 Å². The van der Waals surface area contributed by atoms with Gasteiger partial charge in [0.05, 0.1) is 4.90 Å². The van der Waals surface area contributed by atoms with Crippen molar-refractivity contribution in [2.75, 3.05) is 6.54 Å². The van der Waals surface area contributed by atoms with Crippen LogP contribution in [0.15, 0.2) is 29.2 Å². The highest BCUT2D eigenvalue weighted by Gasteiger charge is 2.48. The maximum Gasteiger partial charge on any atom is 0.428 e. The SMILES string of the molecule is CCCCCCCC1CN(S(=O)(=O)c2ccc(C)cc2)N(C(=O)OC(C)(C)C)C1O. The van der Waals surface area contributed by atoms with E-state index >= 15 is 0 Å². The lowest BCUT2D eigenvalue weighted by molar-refractivity contribution is -0.0664. The Balaban J connectivity index is 2.26. The molecule has 1 saturated heterocycles. The second-order valence-corrected chi connectivity index (χ2v) is 10.9. The molecule has 1 heterocycles. The maximum absolute atomic E-state index is 13.3. The molecule has 1 aromatic carbocycles. The van der Waals surface area contributed by atoms with Crippen molar-refractivity contribution in [2.45, 2.75) is 89.9 Å². The van der Waals surface area contributed by atoms with E-state index in [9.17, 15) is 18.3 Å². The van der Waals surface area contributed by atoms with Crippen molar-refractivity contribution in [3.8, 4) is 0 Å². The first-order chi connectivity index (χ1) is 14.0. The Hall–Kier alpha value is -1.64. The molecule has 0 aliphatic carbocycles. The minimum absolute atomic E-state index is 0.0460. The third-order valence-corrected chi connectivity index (χ3v) is 6.91. The van der Waals surface area contributed by atoms with Gasteiger partial charge in [-0.1, -0.05) is 56.7 Å². The number of rotatable bonds is 8. The van der Waals surface area contributed by atoms with Crippen molar-refractivity contribution in [1.82, 2.24) is 9.42 Å². The smallest absolute Gasteiger partial charge is 0.428 e. The van der Waals surface area contributed by atoms with Crippen LogP contribution in [0, 0.1) is 12.8 Å². The molecule has 1 fully saturated rings. The standard InChI is InChI=1S/C22H36N2O5S/c1-6-7-8-9-10-11-18-16-23(24(20(18)25)21(26)29-22(3,4)5)30(27,28)19-14-12-17(2)13-15-19/h12-15,18,20,25H,6-11,16H2,1-5H3. The van der Waals surface area contributed by atoms with E-state index in [1.807, 2.05) is 6.92 Å². The highest BCUT2D eigenvalue weighted by Crippen LogP contribution is 2.33. The quantitative estimate of drug-likeness (QED) is 0.604. The van der Waals surface area contributed by atoms with Crippen molar-refractivity contribution < 1.29 is 23.1 Å². The van der Waals surface area contributed by atoms with E-state index in [0.717, 1.165) is 47.1 Å². The van der Waals surface area contributed by atoms with Crippen LogP contribution in [0.5, 0.6) is 0 Å². The van der Waals surface area contributed by atoms with Gasteiger partial charge in [-0.3, -0.25) is 0 Å². The van der Waals surface area contributed by atoms with Gasteiger partial charge >= 0.3 is 6.09 Å². The number of carbonyl (C=O) groups excluding carboxylic acids is 1. The van der Waals surface area contributed by atoms with Crippen LogP contribution in [0.1, 0.15) is 71.8 Å². The number of aliphatic hydroxyl groups is 1. The molecular weight excluding hydrogens is 404 g/mol. The van der Waals surface area contributed by atoms with Gasteiger partial charge in [0.25, 0.3) is 10.0 Å². The Morgan fingerprint density at radius 3 is 2.30 bits per heavy atom. The normalized spacial score (nSPS) is 20.5. The monoisotopic (exact) mass is 440 g/mol. The van der Waals surface area contributed by atoms with E-state index in [0.29, 0.717) is 6.42 Å². The highest BCUT2D eigenvalue weighted by atomic mass is 32.2. The number of nitrogens with zero attached hydrogens (tertiary/aromatic N) is 2. The largest absolute Gasteiger partial charge is 0.443 e. The Bertz CT molecular complexity index is 802. The maximum atomic E-state index is 13.3. The molecule has 0 radical (unpaired) electrons. The van der Waals surface area contributed by atoms with Crippen LogP contribution in [0.25, 0.3) is 0 Å². The summed E-state index contributed by atoms with van der Waals surface area (Å²) in [6, 6.07) is 6.45. The molecule has 2 unspecified atom stereocenters. The molecular formula is C22H36N2O5S. The van der Waals surface area contributed by atoms with Gasteiger partial charge in [-0.2, -0.15) is 5.01 Å². The summed E-state index contributed by atoms with van der Waals surface area (Å²) in [5.74, 6) is -0.362. The minimum atomic E-state index is -4.01. The lowest BCUT2D eigenvalue weighted by atomic mass is 10.00. The second-order valence-electron chi connectivity index (χ2n) is 9.02. The summed E-state index contributed by atoms with van der Waals surface area (Å²) in [5, 5.41) is 11.7. The van der Waals surface area contributed by atoms with Crippen LogP contribution in [0.4, 0.5) is 4.79 Å². The zero-order valence-corrected chi connectivity index (χ0v) is 19.6. The van der Waals surface area contributed by atoms with Gasteiger partial charge < -0.3 is 9.84 Å². The Kier molecular flexibility index (Phi) is 8.30. The summed E-state index contributed by atoms with van der Waals surface area (Å²) >= 11 is 0. The zero-order chi connectivity index (χ0) is 22.5. The summed E-state index contributed by atoms with van der Waals surface area (Å²) in [4.78, 5) is 12.9. The number of hydrogen-bond donors (Lipinski definition) is 1. The average Bonchev–Trinajstić information content (AvgIpc) is 2.98. The first-order valence-electron chi connectivity index (χ1n) is 10.8. The van der Waals surface area contributed by atoms with Crippen LogP contribution in [-0.4, -0.2) is 47.4 Å². The number of aryl methyl sites for hydroxylation is 1. The zero-order valence-electron chi connectivity index (χ0n) is 18.8. The van der Waals surface area contributed by atoms with Crippen LogP contribution in [-0.2, 0) is 14.8 Å². The van der Waals surface area contributed by atoms with E-state index in [-0.39, 0.29) is 17.4 Å². The molecule has 1 amide bonds. The van der Waals surface area contributed by atoms with Crippen molar-refractivity contribution in [2.24, 2.45) is 5.92 Å². The molecule has 2 rings (SSSR count). The van der Waals surface area contributed by atoms with E-state index in [4.69, 9.17) is 4.74 Å². The van der Waals surface area contributed by atoms with E-state index in [1.165, 1.54) is 12.1 Å². The number of amides is 1. The average molecular weight is 441 g/mol. The van der Waals surface area contributed by atoms with E-state index < -0.39 is 27.9 Å². The van der Waals surface area contributed by atoms with Crippen molar-refractivity contribution in [1.29, 1.82) is 0 Å². The van der Waals surface area contributed by atoms with Gasteiger partial charge in [-0.25, -0.2) is 13.2 Å². The molecule has 0 aromatic heterocycles. The van der Waals surface area contributed by atoms with Gasteiger partial charge in [-0.15, -0.1) is 4.41 Å². The molecule has 170 valence electrons. The summed E-state index contributed by atoms with van der Waals surface area (Å²) in [5.41, 5.74) is 0.123. The molecule has 30 heavy (non-hydrogen) atoms. The number of benzene rings is 1. The molecule has 0 spiro atoms. The predicted octanol–water partition coefficient (Wildman–Crippen LogP) is 4.45. The molecule has 0 saturated carbocycles. The molecule has 2 atom stereocenters. The molecule has 7 nitrogen and oxygen atoms in total. The fraction of sp³-hybridized carbons (Fsp3) is 0.682. The summed E-state index contributed by atoms with van der Waals surface area (Å²) < 4.78 is 33.0. The van der Waals surface area contributed by atoms with Gasteiger partial charge in [-0.05, 0) is 46.2 Å². The fourth-order valence-electron chi connectivity index (χ4n) is 3.52. The predicted molar refractivity (Wildman–Crippen MR) is 116 cm³/mol. The topological polar surface area (TPSA) is 87.2 Å². The summed E-state index contributed by atoms with van der Waals surface area (Å²) in [6.07, 6.45) is 3.85. The van der Waals surface area contributed by atoms with Crippen LogP contribution < -0.4 is 0 Å². The number of ether oxygens (including phenoxy) is 1. The van der Waals surface area contributed by atoms with Gasteiger partial charge in [0.15, 0.2) is 6.23 Å². The lowest BCUT2D eigenvalue weighted by Crippen LogP contribution is -2.50. The number of hydrogen-bond acceptors (Lipinski definition) is 5. The summed E-state index contributed by atoms with van der Waals surface area (Å²) in [7, 11) is -4.01. The fourth-order valence-corrected chi connectivity index (χ4v) is 5.02.